The van der Waals surface area contributed by atoms with Crippen LogP contribution < -0.4 is 15.5 Å². The van der Waals surface area contributed by atoms with Gasteiger partial charge >= 0.3 is 6.03 Å². The van der Waals surface area contributed by atoms with Crippen LogP contribution in [0.3, 0.4) is 0 Å². The lowest BCUT2D eigenvalue weighted by Crippen LogP contribution is -2.46. The normalized spacial score (nSPS) is 22.8. The van der Waals surface area contributed by atoms with E-state index in [2.05, 4.69) is 22.5 Å². The van der Waals surface area contributed by atoms with E-state index in [-0.39, 0.29) is 17.8 Å². The number of hydrogen-bond donors (Lipinski definition) is 4. The quantitative estimate of drug-likeness (QED) is 0.526. The third-order valence-electron chi connectivity index (χ3n) is 6.03. The number of carbonyl (C=O) groups excluding carboxylic acids is 1. The van der Waals surface area contributed by atoms with Crippen molar-refractivity contribution in [2.24, 2.45) is 0 Å². The molecule has 0 radical (unpaired) electrons. The van der Waals surface area contributed by atoms with E-state index in [0.29, 0.717) is 43.5 Å². The topological polar surface area (TPSA) is 120 Å². The molecule has 2 atom stereocenters. The molecule has 4 N–H and O–H groups in total. The first-order valence-electron chi connectivity index (χ1n) is 11.0. The number of ether oxygens (including phenoxy) is 1. The van der Waals surface area contributed by atoms with Crippen molar-refractivity contribution in [3.05, 3.63) is 35.5 Å². The molecule has 3 heterocycles. The summed E-state index contributed by atoms with van der Waals surface area (Å²) in [5.41, 5.74) is 3.00. The van der Waals surface area contributed by atoms with E-state index < -0.39 is 15.8 Å². The van der Waals surface area contributed by atoms with E-state index in [4.69, 9.17) is 14.7 Å². The Morgan fingerprint density at radius 1 is 1.25 bits per heavy atom. The van der Waals surface area contributed by atoms with Crippen molar-refractivity contribution in [2.45, 2.75) is 44.2 Å². The maximum atomic E-state index is 11.8. The van der Waals surface area contributed by atoms with Gasteiger partial charge in [-0.1, -0.05) is 6.92 Å². The monoisotopic (exact) mass is 461 g/mol. The molecule has 2 aromatic rings. The molecule has 2 amide bonds. The van der Waals surface area contributed by atoms with Crippen LogP contribution in [0.1, 0.15) is 43.7 Å². The number of fused-ring (bicyclic) bond motifs is 1. The number of aromatic nitrogens is 2. The van der Waals surface area contributed by atoms with Crippen molar-refractivity contribution in [1.82, 2.24) is 15.3 Å². The number of hydrogen-bond acceptors (Lipinski definition) is 7. The molecule has 4 rings (SSSR count). The molecule has 174 valence electrons. The molecule has 0 spiro atoms. The minimum absolute atomic E-state index is 0.178. The van der Waals surface area contributed by atoms with Gasteiger partial charge in [-0.15, -0.1) is 0 Å². The summed E-state index contributed by atoms with van der Waals surface area (Å²) < 4.78 is 26.9. The molecular formula is C22H31N5O4S. The van der Waals surface area contributed by atoms with Gasteiger partial charge in [-0.05, 0) is 44.5 Å². The Labute approximate surface area is 189 Å². The second-order valence-electron chi connectivity index (χ2n) is 8.13. The summed E-state index contributed by atoms with van der Waals surface area (Å²) >= 11 is 0. The van der Waals surface area contributed by atoms with Gasteiger partial charge in [0.15, 0.2) is 5.82 Å². The summed E-state index contributed by atoms with van der Waals surface area (Å²) in [5.74, 6) is 1.49. The predicted octanol–water partition coefficient (Wildman–Crippen LogP) is 4.23. The molecule has 2 aliphatic rings. The van der Waals surface area contributed by atoms with Crippen molar-refractivity contribution in [3.63, 3.8) is 0 Å². The summed E-state index contributed by atoms with van der Waals surface area (Å²) in [4.78, 5) is 23.7. The number of rotatable bonds is 5. The summed E-state index contributed by atoms with van der Waals surface area (Å²) in [5, 5.41) is 5.03. The molecule has 0 bridgehead atoms. The van der Waals surface area contributed by atoms with E-state index >= 15 is 0 Å². The Balaban J connectivity index is 1.72. The van der Waals surface area contributed by atoms with Gasteiger partial charge in [-0.3, -0.25) is 9.11 Å². The largest absolute Gasteiger partial charge is 0.377 e. The molecule has 1 aromatic carbocycles. The summed E-state index contributed by atoms with van der Waals surface area (Å²) in [6, 6.07) is 7.26. The first kappa shape index (κ1) is 22.8. The minimum Gasteiger partial charge on any atom is -0.377 e. The zero-order valence-electron chi connectivity index (χ0n) is 18.7. The fraction of sp³-hybridized carbons (Fsp3) is 0.500. The second-order valence-corrected chi connectivity index (χ2v) is 10.6. The third-order valence-corrected chi connectivity index (χ3v) is 8.10. The maximum absolute atomic E-state index is 11.8. The molecule has 9 nitrogen and oxygen atoms in total. The van der Waals surface area contributed by atoms with Crippen molar-refractivity contribution >= 4 is 28.1 Å². The highest BCUT2D eigenvalue weighted by molar-refractivity contribution is 8.24. The first-order chi connectivity index (χ1) is 15.3. The third kappa shape index (κ3) is 4.40. The lowest BCUT2D eigenvalue weighted by Gasteiger charge is -2.37. The lowest BCUT2D eigenvalue weighted by molar-refractivity contribution is 0.0925. The molecule has 0 saturated carbocycles. The fourth-order valence-electron chi connectivity index (χ4n) is 4.16. The van der Waals surface area contributed by atoms with E-state index in [1.165, 1.54) is 0 Å². The van der Waals surface area contributed by atoms with Gasteiger partial charge in [0.25, 0.3) is 0 Å². The number of nitrogens with zero attached hydrogens (tertiary/aromatic N) is 3. The second kappa shape index (κ2) is 9.22. The number of anilines is 2. The molecule has 0 aliphatic carbocycles. The van der Waals surface area contributed by atoms with Crippen LogP contribution in [0.15, 0.2) is 24.3 Å². The van der Waals surface area contributed by atoms with E-state index in [1.807, 2.05) is 38.1 Å². The molecule has 2 unspecified atom stereocenters. The van der Waals surface area contributed by atoms with E-state index in [0.717, 1.165) is 23.4 Å². The SMILES string of the molecule is CCNC(=O)Nc1ccc(-c2nc3c(c(N4CCOCC4CC)n2)CS(O)(O)C3C)cc1. The Bertz CT molecular complexity index is 985. The predicted molar refractivity (Wildman–Crippen MR) is 127 cm³/mol. The van der Waals surface area contributed by atoms with Gasteiger partial charge in [0, 0.05) is 29.9 Å². The summed E-state index contributed by atoms with van der Waals surface area (Å²) in [6.07, 6.45) is 0.903. The molecule has 1 aromatic heterocycles. The average Bonchev–Trinajstić information content (AvgIpc) is 3.02. The fourth-order valence-corrected chi connectivity index (χ4v) is 5.66. The van der Waals surface area contributed by atoms with Crippen molar-refractivity contribution < 1.29 is 18.6 Å². The molecule has 1 saturated heterocycles. The van der Waals surface area contributed by atoms with Gasteiger partial charge in [0.1, 0.15) is 5.82 Å². The number of morpholine rings is 1. The average molecular weight is 462 g/mol. The highest BCUT2D eigenvalue weighted by Crippen LogP contribution is 2.63. The highest BCUT2D eigenvalue weighted by atomic mass is 32.3. The molecule has 1 fully saturated rings. The number of amides is 2. The Morgan fingerprint density at radius 3 is 2.69 bits per heavy atom. The van der Waals surface area contributed by atoms with Crippen molar-refractivity contribution in [2.75, 3.05) is 36.5 Å². The smallest absolute Gasteiger partial charge is 0.319 e. The Kier molecular flexibility index (Phi) is 6.57. The maximum Gasteiger partial charge on any atom is 0.319 e. The van der Waals surface area contributed by atoms with Crippen LogP contribution in [0.5, 0.6) is 0 Å². The standard InChI is InChI=1S/C22H31N5O4S/c1-4-17-12-31-11-10-27(17)21-18-13-32(29,30)14(3)19(18)25-20(26-21)15-6-8-16(9-7-15)24-22(28)23-5-2/h6-9,14,17,29-30H,4-5,10-13H2,1-3H3,(H2,23,24,28). The van der Waals surface area contributed by atoms with E-state index in [1.54, 1.807) is 0 Å². The van der Waals surface area contributed by atoms with E-state index in [9.17, 15) is 13.9 Å². The molecular weight excluding hydrogens is 430 g/mol. The molecule has 2 aliphatic heterocycles. The van der Waals surface area contributed by atoms with Crippen LogP contribution in [-0.2, 0) is 10.5 Å². The van der Waals surface area contributed by atoms with Crippen LogP contribution in [0.4, 0.5) is 16.3 Å². The van der Waals surface area contributed by atoms with Crippen molar-refractivity contribution in [1.29, 1.82) is 0 Å². The van der Waals surface area contributed by atoms with Crippen LogP contribution in [0.2, 0.25) is 0 Å². The van der Waals surface area contributed by atoms with Gasteiger partial charge in [-0.2, -0.15) is 10.6 Å². The van der Waals surface area contributed by atoms with Gasteiger partial charge < -0.3 is 20.3 Å². The number of urea groups is 1. The van der Waals surface area contributed by atoms with Crippen LogP contribution in [-0.4, -0.2) is 57.4 Å². The van der Waals surface area contributed by atoms with Crippen molar-refractivity contribution in [3.8, 4) is 11.4 Å². The lowest BCUT2D eigenvalue weighted by atomic mass is 10.1. The zero-order valence-corrected chi connectivity index (χ0v) is 19.5. The number of benzene rings is 1. The summed E-state index contributed by atoms with van der Waals surface area (Å²) in [7, 11) is -2.81. The molecule has 10 heteroatoms. The zero-order chi connectivity index (χ0) is 22.9. The van der Waals surface area contributed by atoms with Gasteiger partial charge in [0.2, 0.25) is 0 Å². The minimum atomic E-state index is -2.81. The number of carbonyl (C=O) groups is 1. The summed E-state index contributed by atoms with van der Waals surface area (Å²) in [6.45, 7) is 8.27. The Hall–Kier alpha value is -2.40. The van der Waals surface area contributed by atoms with Crippen LogP contribution in [0.25, 0.3) is 11.4 Å². The van der Waals surface area contributed by atoms with Gasteiger partial charge in [0.05, 0.1) is 36.0 Å². The van der Waals surface area contributed by atoms with Crippen LogP contribution >= 0.6 is 10.6 Å². The number of nitrogens with one attached hydrogen (secondary N) is 2. The van der Waals surface area contributed by atoms with Crippen LogP contribution in [0, 0.1) is 0 Å². The molecule has 32 heavy (non-hydrogen) atoms. The Morgan fingerprint density at radius 2 is 2.00 bits per heavy atom. The highest BCUT2D eigenvalue weighted by Gasteiger charge is 2.39. The van der Waals surface area contributed by atoms with Gasteiger partial charge in [-0.25, -0.2) is 14.8 Å². The first-order valence-corrected chi connectivity index (χ1v) is 12.8.